The number of hydrogen-bond donors (Lipinski definition) is 2. The Hall–Kier alpha value is -1.67. The summed E-state index contributed by atoms with van der Waals surface area (Å²) in [7, 11) is 0. The summed E-state index contributed by atoms with van der Waals surface area (Å²) in [5.41, 5.74) is -1.91. The van der Waals surface area contributed by atoms with Crippen LogP contribution in [-0.4, -0.2) is 30.7 Å². The van der Waals surface area contributed by atoms with Crippen LogP contribution in [0.15, 0.2) is 18.2 Å². The van der Waals surface area contributed by atoms with E-state index in [1.807, 2.05) is 0 Å². The van der Waals surface area contributed by atoms with Crippen LogP contribution in [0.3, 0.4) is 0 Å². The van der Waals surface area contributed by atoms with Crippen molar-refractivity contribution in [1.29, 1.82) is 0 Å². The average molecular weight is 402 g/mol. The van der Waals surface area contributed by atoms with E-state index >= 15 is 0 Å². The largest absolute Gasteiger partial charge is 0.416 e. The lowest BCUT2D eigenvalue weighted by Crippen LogP contribution is -2.56. The normalized spacial score (nSPS) is 25.5. The summed E-state index contributed by atoms with van der Waals surface area (Å²) in [4.78, 5) is 12.9. The van der Waals surface area contributed by atoms with Gasteiger partial charge in [-0.1, -0.05) is 6.92 Å². The van der Waals surface area contributed by atoms with E-state index in [1.54, 1.807) is 0 Å². The van der Waals surface area contributed by atoms with E-state index in [1.165, 1.54) is 0 Å². The molecule has 1 aromatic carbocycles. The van der Waals surface area contributed by atoms with E-state index in [0.29, 0.717) is 19.1 Å². The van der Waals surface area contributed by atoms with Crippen molar-refractivity contribution in [3.8, 4) is 0 Å². The van der Waals surface area contributed by atoms with Crippen LogP contribution in [0.2, 0.25) is 0 Å². The van der Waals surface area contributed by atoms with Gasteiger partial charge in [-0.2, -0.15) is 13.2 Å². The first kappa shape index (κ1) is 21.0. The van der Waals surface area contributed by atoms with Crippen LogP contribution in [0.25, 0.3) is 0 Å². The monoisotopic (exact) mass is 402 g/mol. The van der Waals surface area contributed by atoms with Crippen LogP contribution < -0.4 is 10.6 Å². The molecule has 8 heteroatoms. The number of hydrogen-bond acceptors (Lipinski definition) is 3. The molecule has 1 saturated heterocycles. The van der Waals surface area contributed by atoms with Gasteiger partial charge in [0, 0.05) is 12.6 Å². The maximum Gasteiger partial charge on any atom is 0.416 e. The van der Waals surface area contributed by atoms with Crippen LogP contribution in [0.1, 0.15) is 50.2 Å². The van der Waals surface area contributed by atoms with Gasteiger partial charge < -0.3 is 15.4 Å². The minimum Gasteiger partial charge on any atom is -0.363 e. The molecule has 2 aliphatic rings. The van der Waals surface area contributed by atoms with Crippen molar-refractivity contribution in [3.63, 3.8) is 0 Å². The molecule has 1 saturated carbocycles. The van der Waals surface area contributed by atoms with Crippen LogP contribution in [0.5, 0.6) is 0 Å². The van der Waals surface area contributed by atoms with Gasteiger partial charge in [0.05, 0.1) is 12.2 Å². The minimum atomic E-state index is -4.64. The van der Waals surface area contributed by atoms with Gasteiger partial charge in [-0.15, -0.1) is 0 Å². The van der Waals surface area contributed by atoms with Gasteiger partial charge in [0.25, 0.3) is 5.91 Å². The van der Waals surface area contributed by atoms with Gasteiger partial charge in [0.2, 0.25) is 0 Å². The first-order valence-corrected chi connectivity index (χ1v) is 9.77. The van der Waals surface area contributed by atoms with Crippen LogP contribution in [0, 0.1) is 11.7 Å². The summed E-state index contributed by atoms with van der Waals surface area (Å²) in [6.45, 7) is 3.23. The van der Waals surface area contributed by atoms with Crippen molar-refractivity contribution in [2.75, 3.05) is 13.2 Å². The third-order valence-corrected chi connectivity index (χ3v) is 5.45. The molecular formula is C20H26F4N2O2. The zero-order valence-corrected chi connectivity index (χ0v) is 15.9. The number of rotatable bonds is 7. The van der Waals surface area contributed by atoms with Crippen LogP contribution in [-0.2, 0) is 22.3 Å². The molecule has 0 bridgehead atoms. The Morgan fingerprint density at radius 2 is 2.00 bits per heavy atom. The van der Waals surface area contributed by atoms with Gasteiger partial charge in [0.1, 0.15) is 11.4 Å². The number of carbonyl (C=O) groups is 1. The molecule has 0 spiro atoms. The van der Waals surface area contributed by atoms with E-state index in [0.717, 1.165) is 44.4 Å². The highest BCUT2D eigenvalue weighted by atomic mass is 19.4. The van der Waals surface area contributed by atoms with Gasteiger partial charge in [-0.05, 0) is 68.3 Å². The fourth-order valence-corrected chi connectivity index (χ4v) is 3.79. The van der Waals surface area contributed by atoms with Crippen molar-refractivity contribution < 1.29 is 27.1 Å². The molecule has 1 amide bonds. The first-order valence-electron chi connectivity index (χ1n) is 9.77. The minimum absolute atomic E-state index is 0.0740. The Balaban J connectivity index is 1.64. The van der Waals surface area contributed by atoms with Crippen molar-refractivity contribution >= 4 is 5.91 Å². The van der Waals surface area contributed by atoms with Crippen molar-refractivity contribution in [1.82, 2.24) is 10.6 Å². The first-order chi connectivity index (χ1) is 13.2. The fourth-order valence-electron chi connectivity index (χ4n) is 3.79. The molecule has 0 radical (unpaired) electrons. The third-order valence-electron chi connectivity index (χ3n) is 5.45. The number of benzene rings is 1. The van der Waals surface area contributed by atoms with E-state index in [-0.39, 0.29) is 30.0 Å². The molecule has 4 nitrogen and oxygen atoms in total. The second-order valence-electron chi connectivity index (χ2n) is 7.69. The molecule has 3 rings (SSSR count). The summed E-state index contributed by atoms with van der Waals surface area (Å²) in [6, 6.07) is 2.52. The average Bonchev–Trinajstić information content (AvgIpc) is 3.49. The van der Waals surface area contributed by atoms with Gasteiger partial charge in [-0.25, -0.2) is 4.39 Å². The maximum atomic E-state index is 13.6. The molecule has 2 atom stereocenters. The van der Waals surface area contributed by atoms with Gasteiger partial charge in [0.15, 0.2) is 0 Å². The lowest BCUT2D eigenvalue weighted by molar-refractivity contribution is -0.160. The Morgan fingerprint density at radius 1 is 1.25 bits per heavy atom. The molecule has 0 unspecified atom stereocenters. The molecule has 1 aliphatic heterocycles. The number of carbonyl (C=O) groups excluding carboxylic acids is 1. The quantitative estimate of drug-likeness (QED) is 0.683. The summed E-state index contributed by atoms with van der Waals surface area (Å²) in [5, 5.41) is 6.06. The summed E-state index contributed by atoms with van der Waals surface area (Å²) in [6.07, 6.45) is -0.442. The lowest BCUT2D eigenvalue weighted by atomic mass is 9.86. The predicted octanol–water partition coefficient (Wildman–Crippen LogP) is 3.79. The standard InChI is InChI=1S/C20H26F4N2O2/c1-2-7-25-17-5-6-19(28-12-17,14-3-4-14)18(27)26-11-13-8-15(20(22,23)24)10-16(21)9-13/h8-10,14,17,25H,2-7,11-12H2,1H3,(H,26,27)/t17-,19+/m1/s1. The number of alkyl halides is 3. The van der Waals surface area contributed by atoms with Crippen molar-refractivity contribution in [2.45, 2.75) is 63.4 Å². The van der Waals surface area contributed by atoms with Crippen molar-refractivity contribution in [3.05, 3.63) is 35.1 Å². The summed E-state index contributed by atoms with van der Waals surface area (Å²) >= 11 is 0. The SMILES string of the molecule is CCCN[C@@H]1CC[C@@](C(=O)NCc2cc(F)cc(C(F)(F)F)c2)(C2CC2)OC1. The molecule has 0 aromatic heterocycles. The third kappa shape index (κ3) is 4.84. The Morgan fingerprint density at radius 3 is 2.57 bits per heavy atom. The zero-order chi connectivity index (χ0) is 20.4. The Bertz CT molecular complexity index is 696. The number of halogens is 4. The number of ether oxygens (including phenoxy) is 1. The Labute approximate surface area is 162 Å². The molecule has 2 N–H and O–H groups in total. The van der Waals surface area contributed by atoms with E-state index < -0.39 is 23.2 Å². The maximum absolute atomic E-state index is 13.6. The van der Waals surface area contributed by atoms with E-state index in [4.69, 9.17) is 4.74 Å². The highest BCUT2D eigenvalue weighted by Gasteiger charge is 2.53. The molecule has 156 valence electrons. The van der Waals surface area contributed by atoms with Gasteiger partial charge >= 0.3 is 6.18 Å². The molecule has 2 fully saturated rings. The van der Waals surface area contributed by atoms with Crippen LogP contribution in [0.4, 0.5) is 17.6 Å². The Kier molecular flexibility index (Phi) is 6.29. The highest BCUT2D eigenvalue weighted by molar-refractivity contribution is 5.86. The lowest BCUT2D eigenvalue weighted by Gasteiger charge is -2.39. The number of amides is 1. The molecule has 1 heterocycles. The molecule has 28 heavy (non-hydrogen) atoms. The van der Waals surface area contributed by atoms with E-state index in [2.05, 4.69) is 17.6 Å². The molecular weight excluding hydrogens is 376 g/mol. The topological polar surface area (TPSA) is 50.4 Å². The van der Waals surface area contributed by atoms with Crippen molar-refractivity contribution in [2.24, 2.45) is 5.92 Å². The summed E-state index contributed by atoms with van der Waals surface area (Å²) < 4.78 is 58.1. The highest BCUT2D eigenvalue weighted by Crippen LogP contribution is 2.46. The van der Waals surface area contributed by atoms with Gasteiger partial charge in [-0.3, -0.25) is 4.79 Å². The predicted molar refractivity (Wildman–Crippen MR) is 96.0 cm³/mol. The van der Waals surface area contributed by atoms with Crippen LogP contribution >= 0.6 is 0 Å². The smallest absolute Gasteiger partial charge is 0.363 e. The zero-order valence-electron chi connectivity index (χ0n) is 15.9. The van der Waals surface area contributed by atoms with E-state index in [9.17, 15) is 22.4 Å². The fraction of sp³-hybridized carbons (Fsp3) is 0.650. The number of nitrogens with one attached hydrogen (secondary N) is 2. The molecule has 1 aromatic rings. The summed E-state index contributed by atoms with van der Waals surface area (Å²) in [5.74, 6) is -1.16. The second kappa shape index (κ2) is 8.37. The molecule has 1 aliphatic carbocycles. The second-order valence-corrected chi connectivity index (χ2v) is 7.69.